The number of nitrogens with two attached hydrogens (primary N) is 1. The van der Waals surface area contributed by atoms with E-state index in [0.29, 0.717) is 6.42 Å². The number of hydrogen-bond acceptors (Lipinski definition) is 5. The Morgan fingerprint density at radius 2 is 2.17 bits per heavy atom. The van der Waals surface area contributed by atoms with Gasteiger partial charge in [-0.25, -0.2) is 15.8 Å². The van der Waals surface area contributed by atoms with Gasteiger partial charge >= 0.3 is 0 Å². The van der Waals surface area contributed by atoms with Crippen LogP contribution in [0.5, 0.6) is 0 Å². The third kappa shape index (κ3) is 3.18. The van der Waals surface area contributed by atoms with Gasteiger partial charge < -0.3 is 0 Å². The summed E-state index contributed by atoms with van der Waals surface area (Å²) < 4.78 is 0. The monoisotopic (exact) mass is 262 g/mol. The third-order valence-corrected chi connectivity index (χ3v) is 3.55. The number of fused-ring (bicyclic) bond motifs is 1. The van der Waals surface area contributed by atoms with Gasteiger partial charge in [0.25, 0.3) is 0 Å². The predicted octanol–water partition coefficient (Wildman–Crippen LogP) is 1.49. The van der Waals surface area contributed by atoms with E-state index in [-0.39, 0.29) is 5.91 Å². The Morgan fingerprint density at radius 1 is 1.33 bits per heavy atom. The van der Waals surface area contributed by atoms with Crippen molar-refractivity contribution in [3.8, 4) is 0 Å². The lowest BCUT2D eigenvalue weighted by Crippen LogP contribution is -2.29. The standard InChI is InChI=1S/C12H14N4OS/c13-16-11(17)6-3-7-18-12-9-4-1-2-5-10(9)14-8-15-12/h1-2,4-5,8H,3,6-7,13H2,(H,16,17). The van der Waals surface area contributed by atoms with Gasteiger partial charge in [0.1, 0.15) is 11.4 Å². The summed E-state index contributed by atoms with van der Waals surface area (Å²) in [4.78, 5) is 19.4. The second-order valence-electron chi connectivity index (χ2n) is 3.72. The fourth-order valence-electron chi connectivity index (χ4n) is 1.57. The molecule has 94 valence electrons. The van der Waals surface area contributed by atoms with E-state index in [4.69, 9.17) is 5.84 Å². The number of rotatable bonds is 5. The van der Waals surface area contributed by atoms with Crippen molar-refractivity contribution in [3.63, 3.8) is 0 Å². The number of nitrogens with zero attached hydrogens (tertiary/aromatic N) is 2. The van der Waals surface area contributed by atoms with Crippen LogP contribution in [0.25, 0.3) is 10.9 Å². The Bertz CT molecular complexity index is 541. The molecule has 0 bridgehead atoms. The molecular weight excluding hydrogens is 248 g/mol. The molecule has 1 aromatic carbocycles. The maximum Gasteiger partial charge on any atom is 0.233 e. The van der Waals surface area contributed by atoms with Gasteiger partial charge in [-0.3, -0.25) is 10.2 Å². The molecule has 0 fully saturated rings. The van der Waals surface area contributed by atoms with Crippen molar-refractivity contribution in [3.05, 3.63) is 30.6 Å². The van der Waals surface area contributed by atoms with E-state index in [0.717, 1.165) is 28.1 Å². The van der Waals surface area contributed by atoms with Gasteiger partial charge in [0.2, 0.25) is 5.91 Å². The smallest absolute Gasteiger partial charge is 0.233 e. The maximum absolute atomic E-state index is 11.0. The van der Waals surface area contributed by atoms with E-state index in [9.17, 15) is 4.79 Å². The van der Waals surface area contributed by atoms with Crippen LogP contribution < -0.4 is 11.3 Å². The number of aromatic nitrogens is 2. The van der Waals surface area contributed by atoms with E-state index in [1.165, 1.54) is 0 Å². The zero-order chi connectivity index (χ0) is 12.8. The third-order valence-electron chi connectivity index (χ3n) is 2.45. The summed E-state index contributed by atoms with van der Waals surface area (Å²) in [6, 6.07) is 7.89. The Morgan fingerprint density at radius 3 is 3.00 bits per heavy atom. The minimum absolute atomic E-state index is 0.136. The van der Waals surface area contributed by atoms with Gasteiger partial charge in [0, 0.05) is 17.6 Å². The first-order valence-electron chi connectivity index (χ1n) is 5.63. The van der Waals surface area contributed by atoms with Crippen molar-refractivity contribution in [2.75, 3.05) is 5.75 Å². The Kier molecular flexibility index (Phi) is 4.49. The van der Waals surface area contributed by atoms with E-state index in [1.54, 1.807) is 18.1 Å². The molecule has 0 atom stereocenters. The second kappa shape index (κ2) is 6.32. The lowest BCUT2D eigenvalue weighted by Gasteiger charge is -2.04. The van der Waals surface area contributed by atoms with E-state index < -0.39 is 0 Å². The SMILES string of the molecule is NNC(=O)CCCSc1ncnc2ccccc12. The highest BCUT2D eigenvalue weighted by Crippen LogP contribution is 2.24. The minimum Gasteiger partial charge on any atom is -0.294 e. The van der Waals surface area contributed by atoms with Gasteiger partial charge in [-0.15, -0.1) is 11.8 Å². The average Bonchev–Trinajstić information content (AvgIpc) is 2.43. The van der Waals surface area contributed by atoms with Crippen LogP contribution in [0.4, 0.5) is 0 Å². The largest absolute Gasteiger partial charge is 0.294 e. The number of hydrazine groups is 1. The topological polar surface area (TPSA) is 80.9 Å². The number of nitrogens with one attached hydrogen (secondary N) is 1. The Labute approximate surface area is 109 Å². The molecule has 0 radical (unpaired) electrons. The predicted molar refractivity (Wildman–Crippen MR) is 71.8 cm³/mol. The molecule has 0 aliphatic rings. The Hall–Kier alpha value is -1.66. The first-order valence-corrected chi connectivity index (χ1v) is 6.62. The van der Waals surface area contributed by atoms with Crippen molar-refractivity contribution in [1.82, 2.24) is 15.4 Å². The molecule has 5 nitrogen and oxygen atoms in total. The molecule has 1 aromatic heterocycles. The fraction of sp³-hybridized carbons (Fsp3) is 0.250. The number of carbonyl (C=O) groups excluding carboxylic acids is 1. The van der Waals surface area contributed by atoms with Crippen molar-refractivity contribution < 1.29 is 4.79 Å². The summed E-state index contributed by atoms with van der Waals surface area (Å²) >= 11 is 1.63. The van der Waals surface area contributed by atoms with Crippen molar-refractivity contribution >= 4 is 28.6 Å². The number of amides is 1. The van der Waals surface area contributed by atoms with Gasteiger partial charge in [0.05, 0.1) is 5.52 Å². The minimum atomic E-state index is -0.136. The molecule has 1 amide bonds. The summed E-state index contributed by atoms with van der Waals surface area (Å²) in [6.45, 7) is 0. The molecule has 0 aliphatic carbocycles. The van der Waals surface area contributed by atoms with E-state index in [1.807, 2.05) is 24.3 Å². The number of para-hydroxylation sites is 1. The molecule has 1 heterocycles. The van der Waals surface area contributed by atoms with Crippen LogP contribution in [-0.2, 0) is 4.79 Å². The lowest BCUT2D eigenvalue weighted by molar-refractivity contribution is -0.121. The van der Waals surface area contributed by atoms with Gasteiger partial charge in [0.15, 0.2) is 0 Å². The number of thioether (sulfide) groups is 1. The van der Waals surface area contributed by atoms with Crippen LogP contribution >= 0.6 is 11.8 Å². The summed E-state index contributed by atoms with van der Waals surface area (Å²) in [7, 11) is 0. The molecule has 2 rings (SSSR count). The Balaban J connectivity index is 1.97. The molecule has 6 heteroatoms. The van der Waals surface area contributed by atoms with Crippen LogP contribution in [0.3, 0.4) is 0 Å². The van der Waals surface area contributed by atoms with Crippen molar-refractivity contribution in [1.29, 1.82) is 0 Å². The van der Waals surface area contributed by atoms with Crippen LogP contribution in [-0.4, -0.2) is 21.6 Å². The van der Waals surface area contributed by atoms with Crippen molar-refractivity contribution in [2.45, 2.75) is 17.9 Å². The fourth-order valence-corrected chi connectivity index (χ4v) is 2.50. The summed E-state index contributed by atoms with van der Waals surface area (Å²) in [6.07, 6.45) is 2.77. The maximum atomic E-state index is 11.0. The second-order valence-corrected chi connectivity index (χ2v) is 4.80. The van der Waals surface area contributed by atoms with Crippen LogP contribution in [0.15, 0.2) is 35.6 Å². The highest BCUT2D eigenvalue weighted by atomic mass is 32.2. The first kappa shape index (κ1) is 12.8. The molecule has 0 spiro atoms. The van der Waals surface area contributed by atoms with Crippen LogP contribution in [0, 0.1) is 0 Å². The van der Waals surface area contributed by atoms with Gasteiger partial charge in [-0.05, 0) is 12.5 Å². The molecule has 18 heavy (non-hydrogen) atoms. The molecule has 2 aromatic rings. The molecule has 0 aliphatic heterocycles. The molecule has 0 saturated heterocycles. The number of carbonyl (C=O) groups is 1. The number of benzene rings is 1. The van der Waals surface area contributed by atoms with E-state index >= 15 is 0 Å². The van der Waals surface area contributed by atoms with Crippen LogP contribution in [0.2, 0.25) is 0 Å². The first-order chi connectivity index (χ1) is 8.81. The summed E-state index contributed by atoms with van der Waals surface area (Å²) in [5, 5.41) is 2.00. The zero-order valence-electron chi connectivity index (χ0n) is 9.80. The summed E-state index contributed by atoms with van der Waals surface area (Å²) in [5.41, 5.74) is 3.06. The quantitative estimate of drug-likeness (QED) is 0.213. The number of hydrogen-bond donors (Lipinski definition) is 2. The molecular formula is C12H14N4OS. The average molecular weight is 262 g/mol. The summed E-state index contributed by atoms with van der Waals surface area (Å²) in [5.74, 6) is 5.70. The molecule has 0 unspecified atom stereocenters. The molecule has 3 N–H and O–H groups in total. The lowest BCUT2D eigenvalue weighted by atomic mass is 10.2. The van der Waals surface area contributed by atoms with Gasteiger partial charge in [-0.2, -0.15) is 0 Å². The molecule has 0 saturated carbocycles. The van der Waals surface area contributed by atoms with Crippen LogP contribution in [0.1, 0.15) is 12.8 Å². The normalized spacial score (nSPS) is 10.5. The highest BCUT2D eigenvalue weighted by Gasteiger charge is 2.04. The highest BCUT2D eigenvalue weighted by molar-refractivity contribution is 7.99. The zero-order valence-corrected chi connectivity index (χ0v) is 10.6. The van der Waals surface area contributed by atoms with E-state index in [2.05, 4.69) is 15.4 Å². The van der Waals surface area contributed by atoms with Gasteiger partial charge in [-0.1, -0.05) is 18.2 Å². The van der Waals surface area contributed by atoms with Crippen molar-refractivity contribution in [2.24, 2.45) is 5.84 Å².